The molecule has 0 spiro atoms. The van der Waals surface area contributed by atoms with Gasteiger partial charge < -0.3 is 16.0 Å². The first-order valence-electron chi connectivity index (χ1n) is 7.78. The number of aromatic nitrogens is 2. The first-order chi connectivity index (χ1) is 11.1. The van der Waals surface area contributed by atoms with Gasteiger partial charge in [-0.05, 0) is 38.1 Å². The second-order valence-corrected chi connectivity index (χ2v) is 5.96. The zero-order valence-electron chi connectivity index (χ0n) is 13.4. The van der Waals surface area contributed by atoms with Gasteiger partial charge in [0, 0.05) is 32.8 Å². The molecule has 23 heavy (non-hydrogen) atoms. The number of nitrogens with two attached hydrogens (primary N) is 1. The number of anilines is 2. The van der Waals surface area contributed by atoms with Crippen molar-refractivity contribution in [3.8, 4) is 0 Å². The van der Waals surface area contributed by atoms with E-state index in [-0.39, 0.29) is 13.0 Å². The van der Waals surface area contributed by atoms with Crippen LogP contribution < -0.4 is 16.0 Å². The van der Waals surface area contributed by atoms with Crippen molar-refractivity contribution in [3.05, 3.63) is 47.8 Å². The van der Waals surface area contributed by atoms with Crippen LogP contribution in [0.1, 0.15) is 31.3 Å². The molecule has 6 nitrogen and oxygen atoms in total. The van der Waals surface area contributed by atoms with E-state index in [9.17, 15) is 4.79 Å². The number of rotatable bonds is 3. The van der Waals surface area contributed by atoms with Crippen molar-refractivity contribution in [3.63, 3.8) is 0 Å². The van der Waals surface area contributed by atoms with Crippen molar-refractivity contribution in [2.45, 2.75) is 25.9 Å². The molecule has 0 radical (unpaired) electrons. The van der Waals surface area contributed by atoms with Crippen LogP contribution in [0.3, 0.4) is 0 Å². The molecular weight excluding hydrogens is 290 g/mol. The van der Waals surface area contributed by atoms with Gasteiger partial charge in [-0.3, -0.25) is 4.79 Å². The summed E-state index contributed by atoms with van der Waals surface area (Å²) in [5.74, 6) is 0.848. The van der Waals surface area contributed by atoms with Crippen LogP contribution in [0, 0.1) is 0 Å². The monoisotopic (exact) mass is 313 g/mol. The van der Waals surface area contributed by atoms with Crippen LogP contribution in [-0.2, 0) is 0 Å². The van der Waals surface area contributed by atoms with E-state index < -0.39 is 0 Å². The van der Waals surface area contributed by atoms with Gasteiger partial charge in [-0.25, -0.2) is 9.97 Å². The highest BCUT2D eigenvalue weighted by atomic mass is 16.1. The Balaban J connectivity index is 0.00000208. The third-order valence-electron chi connectivity index (χ3n) is 4.11. The van der Waals surface area contributed by atoms with Gasteiger partial charge in [-0.1, -0.05) is 6.07 Å². The standard InChI is InChI=1S/C17H21N5O.H2/c1-11-10-22(12(2)9-20-11)15-7-3-6-14(21-15)16(23)13-5-4-8-19-17(13)18;/h3-8,11-12,20H,9-10H2,1-2H3,(H2,18,19);1H/t11-,12-;/m1./s1. The van der Waals surface area contributed by atoms with Crippen molar-refractivity contribution in [2.75, 3.05) is 23.7 Å². The second-order valence-electron chi connectivity index (χ2n) is 5.96. The predicted molar refractivity (Wildman–Crippen MR) is 92.7 cm³/mol. The van der Waals surface area contributed by atoms with E-state index in [4.69, 9.17) is 5.73 Å². The molecular formula is C17H23N5O. The fourth-order valence-electron chi connectivity index (χ4n) is 2.80. The number of nitrogen functional groups attached to an aromatic ring is 1. The Kier molecular flexibility index (Phi) is 4.25. The highest BCUT2D eigenvalue weighted by Crippen LogP contribution is 2.20. The summed E-state index contributed by atoms with van der Waals surface area (Å²) in [6.07, 6.45) is 1.57. The van der Waals surface area contributed by atoms with Gasteiger partial charge in [0.2, 0.25) is 5.78 Å². The Morgan fingerprint density at radius 1 is 1.35 bits per heavy atom. The Morgan fingerprint density at radius 2 is 2.17 bits per heavy atom. The lowest BCUT2D eigenvalue weighted by molar-refractivity contribution is 0.103. The lowest BCUT2D eigenvalue weighted by atomic mass is 10.1. The number of pyridine rings is 2. The zero-order valence-corrected chi connectivity index (χ0v) is 13.4. The minimum atomic E-state index is -0.201. The molecule has 0 amide bonds. The summed E-state index contributed by atoms with van der Waals surface area (Å²) in [6.45, 7) is 6.05. The highest BCUT2D eigenvalue weighted by Gasteiger charge is 2.24. The maximum Gasteiger partial charge on any atom is 0.215 e. The van der Waals surface area contributed by atoms with Gasteiger partial charge >= 0.3 is 0 Å². The van der Waals surface area contributed by atoms with E-state index in [1.165, 1.54) is 0 Å². The summed E-state index contributed by atoms with van der Waals surface area (Å²) in [4.78, 5) is 23.4. The molecule has 2 aromatic heterocycles. The molecule has 3 heterocycles. The molecule has 0 aromatic carbocycles. The van der Waals surface area contributed by atoms with Gasteiger partial charge in [-0.2, -0.15) is 0 Å². The topological polar surface area (TPSA) is 84.1 Å². The molecule has 3 N–H and O–H groups in total. The zero-order chi connectivity index (χ0) is 16.4. The summed E-state index contributed by atoms with van der Waals surface area (Å²) < 4.78 is 0. The lowest BCUT2D eigenvalue weighted by Gasteiger charge is -2.38. The number of ketones is 1. The molecule has 2 atom stereocenters. The van der Waals surface area contributed by atoms with Crippen molar-refractivity contribution >= 4 is 17.4 Å². The molecule has 0 unspecified atom stereocenters. The number of hydrogen-bond acceptors (Lipinski definition) is 6. The molecule has 0 aliphatic carbocycles. The number of piperazine rings is 1. The van der Waals surface area contributed by atoms with Gasteiger partial charge in [-0.15, -0.1) is 0 Å². The van der Waals surface area contributed by atoms with Gasteiger partial charge in [0.05, 0.1) is 5.56 Å². The average Bonchev–Trinajstić information content (AvgIpc) is 2.57. The molecule has 0 bridgehead atoms. The first kappa shape index (κ1) is 15.4. The number of nitrogens with one attached hydrogen (secondary N) is 1. The van der Waals surface area contributed by atoms with Crippen LogP contribution in [-0.4, -0.2) is 40.9 Å². The summed E-state index contributed by atoms with van der Waals surface area (Å²) in [7, 11) is 0. The molecule has 0 saturated carbocycles. The van der Waals surface area contributed by atoms with Crippen LogP contribution >= 0.6 is 0 Å². The van der Waals surface area contributed by atoms with Crippen molar-refractivity contribution in [1.29, 1.82) is 0 Å². The molecule has 2 aromatic rings. The SMILES string of the molecule is C[C@@H]1CN(c2cccc(C(=O)c3cccnc3N)n2)[C@H](C)CN1.[HH]. The fourth-order valence-corrected chi connectivity index (χ4v) is 2.80. The largest absolute Gasteiger partial charge is 0.383 e. The van der Waals surface area contributed by atoms with E-state index in [0.717, 1.165) is 18.9 Å². The normalized spacial score (nSPS) is 21.2. The average molecular weight is 313 g/mol. The molecule has 122 valence electrons. The Hall–Kier alpha value is -2.47. The van der Waals surface area contributed by atoms with Crippen LogP contribution in [0.5, 0.6) is 0 Å². The van der Waals surface area contributed by atoms with Gasteiger partial charge in [0.25, 0.3) is 0 Å². The lowest BCUT2D eigenvalue weighted by Crippen LogP contribution is -2.54. The first-order valence-corrected chi connectivity index (χ1v) is 7.78. The van der Waals surface area contributed by atoms with E-state index in [1.807, 2.05) is 12.1 Å². The van der Waals surface area contributed by atoms with Gasteiger partial charge in [0.1, 0.15) is 17.3 Å². The number of hydrogen-bond donors (Lipinski definition) is 2. The maximum atomic E-state index is 12.6. The molecule has 1 fully saturated rings. The van der Waals surface area contributed by atoms with Crippen LogP contribution in [0.15, 0.2) is 36.5 Å². The van der Waals surface area contributed by atoms with Crippen molar-refractivity contribution in [1.82, 2.24) is 15.3 Å². The summed E-state index contributed by atoms with van der Waals surface area (Å²) in [6, 6.07) is 9.62. The molecule has 6 heteroatoms. The number of carbonyl (C=O) groups excluding carboxylic acids is 1. The summed E-state index contributed by atoms with van der Waals surface area (Å²) >= 11 is 0. The summed E-state index contributed by atoms with van der Waals surface area (Å²) in [5, 5.41) is 3.44. The van der Waals surface area contributed by atoms with E-state index in [0.29, 0.717) is 23.3 Å². The smallest absolute Gasteiger partial charge is 0.215 e. The number of carbonyl (C=O) groups is 1. The van der Waals surface area contributed by atoms with Gasteiger partial charge in [0.15, 0.2) is 0 Å². The Bertz CT molecular complexity index is 724. The van der Waals surface area contributed by atoms with Crippen LogP contribution in [0.25, 0.3) is 0 Å². The van der Waals surface area contributed by atoms with E-state index in [2.05, 4.69) is 34.0 Å². The summed E-state index contributed by atoms with van der Waals surface area (Å²) in [5.41, 5.74) is 6.58. The van der Waals surface area contributed by atoms with Crippen molar-refractivity contribution < 1.29 is 6.22 Å². The second kappa shape index (κ2) is 6.34. The Labute approximate surface area is 137 Å². The molecule has 1 aliphatic rings. The minimum absolute atomic E-state index is 0. The van der Waals surface area contributed by atoms with Crippen molar-refractivity contribution in [2.24, 2.45) is 0 Å². The molecule has 1 aliphatic heterocycles. The third-order valence-corrected chi connectivity index (χ3v) is 4.11. The third kappa shape index (κ3) is 3.17. The maximum absolute atomic E-state index is 12.6. The van der Waals surface area contributed by atoms with E-state index in [1.54, 1.807) is 24.4 Å². The minimum Gasteiger partial charge on any atom is -0.383 e. The molecule has 1 saturated heterocycles. The fraction of sp³-hybridized carbons (Fsp3) is 0.353. The molecule has 3 rings (SSSR count). The number of nitrogens with zero attached hydrogens (tertiary/aromatic N) is 3. The van der Waals surface area contributed by atoms with Crippen LogP contribution in [0.2, 0.25) is 0 Å². The Morgan fingerprint density at radius 3 is 2.96 bits per heavy atom. The quantitative estimate of drug-likeness (QED) is 0.840. The van der Waals surface area contributed by atoms with E-state index >= 15 is 0 Å². The highest BCUT2D eigenvalue weighted by molar-refractivity contribution is 6.10. The predicted octanol–water partition coefficient (Wildman–Crippen LogP) is 1.72. The van der Waals surface area contributed by atoms with Crippen LogP contribution in [0.4, 0.5) is 11.6 Å².